The highest BCUT2D eigenvalue weighted by Crippen LogP contribution is 2.25. The maximum atomic E-state index is 11.9. The Hall–Kier alpha value is -6.27. The van der Waals surface area contributed by atoms with E-state index in [4.69, 9.17) is 44.2 Å². The number of hydrogen-bond acceptors (Lipinski definition) is 21. The molecule has 30 nitrogen and oxygen atoms in total. The molecule has 6 aliphatic heterocycles. The molecular formula is C60H110N16O14S. The van der Waals surface area contributed by atoms with Crippen molar-refractivity contribution in [3.05, 3.63) is 35.8 Å². The van der Waals surface area contributed by atoms with Crippen LogP contribution in [0.2, 0.25) is 0 Å². The van der Waals surface area contributed by atoms with E-state index in [-0.39, 0.29) is 61.4 Å². The van der Waals surface area contributed by atoms with E-state index < -0.39 is 38.1 Å². The standard InChI is InChI=1S/C12H20N4O2.C11H21NO5S.C10H18N4O2.C10H20N2O2.C10H19NO3.C7H12N4/c1-12(2,3)18-11(17)16-5-4-10(7-16)6-15-8-13-14-9-15;1-11(2,3)17-10(13)12-6-5-9(7-12)8-16-18(4,14)15;1-10(2,3)16-9(15)14-5-4-8(7-14)6-12-13-11;1-10(2,3)14-9(13)12-5-4-8(6-11)7-12;1-10(2,3)14-9(13)11-5-4-8(6-11)7-12;1-2-8-3-7(1)4-11-5-9-10-6-11/h8-10H,4-7H2,1-3H3;9H,5-8H2,1-4H3;8H,4-7H2,1-3H3;8H,4-7,11H2,1-3H3;8,12H,4-7H2,1-3H3;5-8H,1-4H2. The third kappa shape index (κ3) is 34.8. The molecule has 8 heterocycles. The van der Waals surface area contributed by atoms with Gasteiger partial charge in [-0.1, -0.05) is 5.11 Å². The van der Waals surface area contributed by atoms with Crippen LogP contribution in [-0.2, 0) is 51.1 Å². The Bertz CT molecular complexity index is 2600. The number of ether oxygens (including phenoxy) is 5. The SMILES string of the molecule is CC(C)(C)OC(=O)N1CCC(CN)C1.CC(C)(C)OC(=O)N1CCC(CN=[N+]=[N-])C1.CC(C)(C)OC(=O)N1CCC(CO)C1.CC(C)(C)OC(=O)N1CCC(COS(C)(=O)=O)C1.CC(C)(C)OC(=O)N1CCC(Cn2cnnc2)C1.c1nncn1CC1CCNC1. The summed E-state index contributed by atoms with van der Waals surface area (Å²) in [5.74, 6) is 2.21. The molecule has 6 atom stereocenters. The van der Waals surface area contributed by atoms with Crippen LogP contribution in [-0.4, -0.2) is 237 Å². The third-order valence-corrected chi connectivity index (χ3v) is 14.8. The first-order chi connectivity index (χ1) is 42.2. The number of aliphatic hydroxyl groups is 1. The maximum absolute atomic E-state index is 11.9. The highest BCUT2D eigenvalue weighted by atomic mass is 32.2. The van der Waals surface area contributed by atoms with E-state index in [1.54, 1.807) is 49.8 Å². The molecule has 6 unspecified atom stereocenters. The number of hydrogen-bond donors (Lipinski definition) is 3. The lowest BCUT2D eigenvalue weighted by Gasteiger charge is -2.24. The van der Waals surface area contributed by atoms with Gasteiger partial charge in [-0.2, -0.15) is 8.42 Å². The number of aliphatic hydroxyl groups excluding tert-OH is 1. The smallest absolute Gasteiger partial charge is 0.410 e. The van der Waals surface area contributed by atoms with Gasteiger partial charge in [-0.25, -0.2) is 24.0 Å². The van der Waals surface area contributed by atoms with Crippen LogP contribution in [0.1, 0.15) is 142 Å². The zero-order chi connectivity index (χ0) is 68.4. The van der Waals surface area contributed by atoms with Crippen molar-refractivity contribution in [2.24, 2.45) is 46.4 Å². The Labute approximate surface area is 540 Å². The van der Waals surface area contributed by atoms with Crippen LogP contribution < -0.4 is 11.1 Å². The molecule has 6 aliphatic rings. The molecule has 6 fully saturated rings. The van der Waals surface area contributed by atoms with Crippen molar-refractivity contribution in [3.8, 4) is 0 Å². The lowest BCUT2D eigenvalue weighted by Crippen LogP contribution is -2.35. The summed E-state index contributed by atoms with van der Waals surface area (Å²) in [5.41, 5.74) is 11.5. The maximum Gasteiger partial charge on any atom is 0.410 e. The van der Waals surface area contributed by atoms with Crippen molar-refractivity contribution in [2.75, 3.05) is 111 Å². The lowest BCUT2D eigenvalue weighted by atomic mass is 10.1. The molecule has 2 aromatic rings. The van der Waals surface area contributed by atoms with Crippen LogP contribution in [0.4, 0.5) is 24.0 Å². The molecule has 31 heteroatoms. The quantitative estimate of drug-likeness (QED) is 0.0639. The first-order valence-corrected chi connectivity index (χ1v) is 33.4. The predicted octanol–water partition coefficient (Wildman–Crippen LogP) is 7.63. The molecule has 520 valence electrons. The molecule has 0 aromatic carbocycles. The Kier molecular flexibility index (Phi) is 32.0. The largest absolute Gasteiger partial charge is 0.444 e. The second-order valence-corrected chi connectivity index (χ2v) is 30.5. The van der Waals surface area contributed by atoms with Crippen molar-refractivity contribution in [3.63, 3.8) is 0 Å². The molecule has 8 rings (SSSR count). The fourth-order valence-electron chi connectivity index (χ4n) is 9.87. The van der Waals surface area contributed by atoms with Crippen LogP contribution in [0, 0.1) is 35.5 Å². The van der Waals surface area contributed by atoms with Crippen molar-refractivity contribution >= 4 is 40.6 Å². The summed E-state index contributed by atoms with van der Waals surface area (Å²) < 4.78 is 56.8. The molecular weight excluding hydrogens is 1200 g/mol. The van der Waals surface area contributed by atoms with E-state index in [9.17, 15) is 32.4 Å². The number of carbonyl (C=O) groups is 5. The van der Waals surface area contributed by atoms with Gasteiger partial charge in [0.25, 0.3) is 10.1 Å². The monoisotopic (exact) mass is 1310 g/mol. The van der Waals surface area contributed by atoms with Gasteiger partial charge in [0.15, 0.2) is 0 Å². The molecule has 4 N–H and O–H groups in total. The number of rotatable bonds is 11. The summed E-state index contributed by atoms with van der Waals surface area (Å²) in [4.78, 5) is 69.6. The number of amides is 5. The first-order valence-electron chi connectivity index (χ1n) is 31.6. The van der Waals surface area contributed by atoms with Crippen molar-refractivity contribution in [1.29, 1.82) is 0 Å². The van der Waals surface area contributed by atoms with Gasteiger partial charge in [-0.3, -0.25) is 4.18 Å². The van der Waals surface area contributed by atoms with Gasteiger partial charge < -0.3 is 73.5 Å². The molecule has 91 heavy (non-hydrogen) atoms. The van der Waals surface area contributed by atoms with E-state index >= 15 is 0 Å². The van der Waals surface area contributed by atoms with Crippen LogP contribution in [0.15, 0.2) is 30.4 Å². The molecule has 2 aromatic heterocycles. The summed E-state index contributed by atoms with van der Waals surface area (Å²) in [6, 6.07) is 0. The minimum Gasteiger partial charge on any atom is -0.444 e. The van der Waals surface area contributed by atoms with Crippen LogP contribution in [0.3, 0.4) is 0 Å². The van der Waals surface area contributed by atoms with E-state index in [1.807, 2.05) is 113 Å². The van der Waals surface area contributed by atoms with Crippen molar-refractivity contribution in [1.82, 2.24) is 59.3 Å². The minimum atomic E-state index is -3.41. The highest BCUT2D eigenvalue weighted by molar-refractivity contribution is 7.85. The fourth-order valence-corrected chi connectivity index (χ4v) is 10.3. The van der Waals surface area contributed by atoms with Gasteiger partial charge in [0.1, 0.15) is 53.3 Å². The molecule has 0 spiro atoms. The van der Waals surface area contributed by atoms with Gasteiger partial charge in [-0.15, -0.1) is 20.4 Å². The molecule has 6 saturated heterocycles. The normalized spacial score (nSPS) is 21.6. The van der Waals surface area contributed by atoms with E-state index in [0.717, 1.165) is 96.6 Å². The Balaban J connectivity index is 0.000000287. The number of likely N-dealkylation sites (tertiary alicyclic amines) is 5. The zero-order valence-corrected chi connectivity index (χ0v) is 58.1. The van der Waals surface area contributed by atoms with Gasteiger partial charge in [0.2, 0.25) is 0 Å². The molecule has 0 aliphatic carbocycles. The Morgan fingerprint density at radius 2 is 0.846 bits per heavy atom. The average Bonchev–Trinajstić information content (AvgIpc) is 2.23. The number of nitrogens with one attached hydrogen (secondary N) is 1. The Morgan fingerprint density at radius 3 is 1.16 bits per heavy atom. The molecule has 0 radical (unpaired) electrons. The van der Waals surface area contributed by atoms with Crippen LogP contribution >= 0.6 is 0 Å². The summed E-state index contributed by atoms with van der Waals surface area (Å²) in [6.45, 7) is 40.1. The minimum absolute atomic E-state index is 0.0484. The molecule has 0 saturated carbocycles. The molecule has 0 bridgehead atoms. The van der Waals surface area contributed by atoms with E-state index in [2.05, 4.69) is 35.7 Å². The van der Waals surface area contributed by atoms with E-state index in [0.29, 0.717) is 64.2 Å². The van der Waals surface area contributed by atoms with Crippen LogP contribution in [0.5, 0.6) is 0 Å². The lowest BCUT2D eigenvalue weighted by molar-refractivity contribution is 0.0273. The number of carbonyl (C=O) groups excluding carboxylic acids is 5. The number of nitrogens with two attached hydrogens (primary N) is 1. The van der Waals surface area contributed by atoms with E-state index in [1.165, 1.54) is 6.42 Å². The summed E-state index contributed by atoms with van der Waals surface area (Å²) in [5, 5.41) is 30.8. The van der Waals surface area contributed by atoms with Gasteiger partial charge in [0, 0.05) is 108 Å². The van der Waals surface area contributed by atoms with Gasteiger partial charge >= 0.3 is 30.5 Å². The molecule has 5 amide bonds. The highest BCUT2D eigenvalue weighted by Gasteiger charge is 2.34. The second-order valence-electron chi connectivity index (χ2n) is 28.9. The topological polar surface area (TPSA) is 360 Å². The summed E-state index contributed by atoms with van der Waals surface area (Å²) in [6.07, 6.45) is 12.4. The first kappa shape index (κ1) is 79.0. The van der Waals surface area contributed by atoms with Gasteiger partial charge in [-0.05, 0) is 191 Å². The number of nitrogens with zero attached hydrogens (tertiary/aromatic N) is 14. The summed E-state index contributed by atoms with van der Waals surface area (Å²) >= 11 is 0. The predicted molar refractivity (Wildman–Crippen MR) is 342 cm³/mol. The van der Waals surface area contributed by atoms with Gasteiger partial charge in [0.05, 0.1) is 12.9 Å². The fraction of sp³-hybridized carbons (Fsp3) is 0.850. The number of azide groups is 1. The van der Waals surface area contributed by atoms with Crippen molar-refractivity contribution in [2.45, 2.75) is 183 Å². The zero-order valence-electron chi connectivity index (χ0n) is 57.2. The average molecular weight is 1310 g/mol. The summed E-state index contributed by atoms with van der Waals surface area (Å²) in [7, 11) is -3.41. The third-order valence-electron chi connectivity index (χ3n) is 14.2. The Morgan fingerprint density at radius 1 is 0.527 bits per heavy atom. The van der Waals surface area contributed by atoms with Crippen molar-refractivity contribution < 1.29 is 65.4 Å². The number of aromatic nitrogens is 6. The van der Waals surface area contributed by atoms with Crippen LogP contribution in [0.25, 0.3) is 10.4 Å². The second kappa shape index (κ2) is 36.8.